The van der Waals surface area contributed by atoms with Gasteiger partial charge in [-0.05, 0) is 48.4 Å². The van der Waals surface area contributed by atoms with Gasteiger partial charge in [-0.15, -0.1) is 0 Å². The minimum absolute atomic E-state index is 0.923. The van der Waals surface area contributed by atoms with Crippen LogP contribution in [0.15, 0.2) is 65.5 Å². The van der Waals surface area contributed by atoms with E-state index in [1.807, 2.05) is 36.5 Å². The number of benzene rings is 1. The van der Waals surface area contributed by atoms with Crippen molar-refractivity contribution in [2.45, 2.75) is 12.8 Å². The third-order valence-electron chi connectivity index (χ3n) is 3.75. The normalized spacial score (nSPS) is 16.0. The average Bonchev–Trinajstić information content (AvgIpc) is 2.59. The largest absolute Gasteiger partial charge is 0.405 e. The summed E-state index contributed by atoms with van der Waals surface area (Å²) >= 11 is 0. The van der Waals surface area contributed by atoms with Crippen LogP contribution in [0.2, 0.25) is 0 Å². The van der Waals surface area contributed by atoms with Crippen LogP contribution < -0.4 is 5.73 Å². The quantitative estimate of drug-likeness (QED) is 0.882. The second-order valence-corrected chi connectivity index (χ2v) is 5.10. The number of hydrogen-bond donors (Lipinski definition) is 1. The molecule has 1 heterocycles. The van der Waals surface area contributed by atoms with Crippen LogP contribution in [0, 0.1) is 0 Å². The summed E-state index contributed by atoms with van der Waals surface area (Å²) in [5.74, 6) is 0. The lowest BCUT2D eigenvalue weighted by atomic mass is 9.93. The van der Waals surface area contributed by atoms with Crippen molar-refractivity contribution < 1.29 is 0 Å². The molecule has 2 aromatic rings. The zero-order valence-corrected chi connectivity index (χ0v) is 12.5. The van der Waals surface area contributed by atoms with Gasteiger partial charge in [0.1, 0.15) is 0 Å². The fraction of sp³-hybridized carbons (Fsp3) is 0.167. The Hall–Kier alpha value is -2.75. The van der Waals surface area contributed by atoms with E-state index in [2.05, 4.69) is 22.1 Å². The molecule has 0 fully saturated rings. The Kier molecular flexibility index (Phi) is 4.10. The van der Waals surface area contributed by atoms with Crippen LogP contribution in [-0.4, -0.2) is 22.7 Å². The van der Waals surface area contributed by atoms with E-state index in [4.69, 9.17) is 10.7 Å². The SMILES string of the molecule is CN=C(C=CN)C1=CC=C(c2cnc3ccccc3n2)CC1. The lowest BCUT2D eigenvalue weighted by Crippen LogP contribution is -2.05. The van der Waals surface area contributed by atoms with Gasteiger partial charge in [0.2, 0.25) is 0 Å². The highest BCUT2D eigenvalue weighted by Gasteiger charge is 2.12. The molecule has 0 saturated heterocycles. The lowest BCUT2D eigenvalue weighted by molar-refractivity contribution is 1.01. The van der Waals surface area contributed by atoms with E-state index in [0.29, 0.717) is 0 Å². The molecule has 2 N–H and O–H groups in total. The molecule has 1 aliphatic rings. The van der Waals surface area contributed by atoms with Crippen LogP contribution in [-0.2, 0) is 0 Å². The van der Waals surface area contributed by atoms with E-state index in [-0.39, 0.29) is 0 Å². The molecule has 3 rings (SSSR count). The van der Waals surface area contributed by atoms with Gasteiger partial charge >= 0.3 is 0 Å². The second-order valence-electron chi connectivity index (χ2n) is 5.10. The minimum atomic E-state index is 0.923. The summed E-state index contributed by atoms with van der Waals surface area (Å²) in [5.41, 5.74) is 11.6. The number of fused-ring (bicyclic) bond motifs is 1. The van der Waals surface area contributed by atoms with Crippen molar-refractivity contribution in [3.63, 3.8) is 0 Å². The molecule has 1 aromatic heterocycles. The molecule has 1 aromatic carbocycles. The van der Waals surface area contributed by atoms with Gasteiger partial charge in [0.25, 0.3) is 0 Å². The number of aliphatic imine (C=N–C) groups is 1. The van der Waals surface area contributed by atoms with Crippen molar-refractivity contribution in [3.8, 4) is 0 Å². The number of nitrogens with zero attached hydrogens (tertiary/aromatic N) is 3. The monoisotopic (exact) mass is 290 g/mol. The molecule has 110 valence electrons. The maximum Gasteiger partial charge on any atom is 0.0894 e. The highest BCUT2D eigenvalue weighted by molar-refractivity contribution is 6.09. The van der Waals surface area contributed by atoms with Crippen LogP contribution in [0.25, 0.3) is 16.6 Å². The molecule has 1 aliphatic carbocycles. The number of nitrogens with two attached hydrogens (primary N) is 1. The Balaban J connectivity index is 1.92. The number of para-hydroxylation sites is 2. The molecular weight excluding hydrogens is 272 g/mol. The maximum atomic E-state index is 5.46. The van der Waals surface area contributed by atoms with Crippen molar-refractivity contribution in [1.82, 2.24) is 9.97 Å². The van der Waals surface area contributed by atoms with Crippen molar-refractivity contribution in [2.24, 2.45) is 10.7 Å². The number of allylic oxidation sites excluding steroid dienone is 5. The summed E-state index contributed by atoms with van der Waals surface area (Å²) in [7, 11) is 1.78. The van der Waals surface area contributed by atoms with E-state index in [9.17, 15) is 0 Å². The van der Waals surface area contributed by atoms with E-state index in [1.54, 1.807) is 7.05 Å². The van der Waals surface area contributed by atoms with Gasteiger partial charge < -0.3 is 5.73 Å². The standard InChI is InChI=1S/C18H18N4/c1-20-15(10-11-19)13-6-8-14(9-7-13)18-12-21-16-4-2-3-5-17(16)22-18/h2-6,8,10-12H,7,9,19H2,1H3. The first-order valence-corrected chi connectivity index (χ1v) is 7.29. The van der Waals surface area contributed by atoms with E-state index in [1.165, 1.54) is 17.3 Å². The number of hydrogen-bond acceptors (Lipinski definition) is 4. The van der Waals surface area contributed by atoms with Crippen LogP contribution in [0.1, 0.15) is 18.5 Å². The molecule has 0 unspecified atom stereocenters. The summed E-state index contributed by atoms with van der Waals surface area (Å²) in [6.45, 7) is 0. The number of aromatic nitrogens is 2. The second kappa shape index (κ2) is 6.35. The van der Waals surface area contributed by atoms with Crippen LogP contribution in [0.4, 0.5) is 0 Å². The zero-order valence-electron chi connectivity index (χ0n) is 12.5. The van der Waals surface area contributed by atoms with E-state index < -0.39 is 0 Å². The zero-order chi connectivity index (χ0) is 15.4. The van der Waals surface area contributed by atoms with Gasteiger partial charge in [-0.3, -0.25) is 9.98 Å². The summed E-state index contributed by atoms with van der Waals surface area (Å²) < 4.78 is 0. The highest BCUT2D eigenvalue weighted by atomic mass is 14.8. The number of rotatable bonds is 3. The molecule has 4 nitrogen and oxygen atoms in total. The Bertz CT molecular complexity index is 813. The lowest BCUT2D eigenvalue weighted by Gasteiger charge is -2.14. The van der Waals surface area contributed by atoms with Crippen molar-refractivity contribution in [1.29, 1.82) is 0 Å². The van der Waals surface area contributed by atoms with Crippen molar-refractivity contribution in [3.05, 3.63) is 66.2 Å². The molecule has 0 radical (unpaired) electrons. The highest BCUT2D eigenvalue weighted by Crippen LogP contribution is 2.27. The molecule has 0 spiro atoms. The molecule has 0 atom stereocenters. The first kappa shape index (κ1) is 14.2. The molecule has 0 amide bonds. The third-order valence-corrected chi connectivity index (χ3v) is 3.75. The van der Waals surface area contributed by atoms with E-state index in [0.717, 1.165) is 35.3 Å². The Morgan fingerprint density at radius 3 is 2.68 bits per heavy atom. The van der Waals surface area contributed by atoms with Gasteiger partial charge in [0.15, 0.2) is 0 Å². The minimum Gasteiger partial charge on any atom is -0.405 e. The summed E-state index contributed by atoms with van der Waals surface area (Å²) in [6, 6.07) is 7.92. The van der Waals surface area contributed by atoms with Gasteiger partial charge in [-0.1, -0.05) is 24.3 Å². The average molecular weight is 290 g/mol. The fourth-order valence-corrected chi connectivity index (χ4v) is 2.59. The van der Waals surface area contributed by atoms with Crippen LogP contribution in [0.5, 0.6) is 0 Å². The molecule has 0 bridgehead atoms. The van der Waals surface area contributed by atoms with Gasteiger partial charge in [0, 0.05) is 7.05 Å². The van der Waals surface area contributed by atoms with Gasteiger partial charge in [0.05, 0.1) is 28.6 Å². The molecule has 4 heteroatoms. The summed E-state index contributed by atoms with van der Waals surface area (Å²) in [5, 5.41) is 0. The Morgan fingerprint density at radius 1 is 1.18 bits per heavy atom. The van der Waals surface area contributed by atoms with Crippen LogP contribution >= 0.6 is 0 Å². The molecular formula is C18H18N4. The molecule has 0 aliphatic heterocycles. The fourth-order valence-electron chi connectivity index (χ4n) is 2.59. The maximum absolute atomic E-state index is 5.46. The van der Waals surface area contributed by atoms with Crippen molar-refractivity contribution in [2.75, 3.05) is 7.05 Å². The Labute approximate surface area is 129 Å². The van der Waals surface area contributed by atoms with E-state index >= 15 is 0 Å². The van der Waals surface area contributed by atoms with Gasteiger partial charge in [-0.25, -0.2) is 4.98 Å². The predicted octanol–water partition coefficient (Wildman–Crippen LogP) is 3.28. The van der Waals surface area contributed by atoms with Crippen molar-refractivity contribution >= 4 is 22.3 Å². The molecule has 22 heavy (non-hydrogen) atoms. The van der Waals surface area contributed by atoms with Gasteiger partial charge in [-0.2, -0.15) is 0 Å². The summed E-state index contributed by atoms with van der Waals surface area (Å²) in [6.07, 6.45) is 11.3. The first-order chi connectivity index (χ1) is 10.8. The Morgan fingerprint density at radius 2 is 2.00 bits per heavy atom. The smallest absolute Gasteiger partial charge is 0.0894 e. The molecule has 0 saturated carbocycles. The first-order valence-electron chi connectivity index (χ1n) is 7.29. The van der Waals surface area contributed by atoms with Crippen LogP contribution in [0.3, 0.4) is 0 Å². The predicted molar refractivity (Wildman–Crippen MR) is 91.5 cm³/mol. The summed E-state index contributed by atoms with van der Waals surface area (Å²) in [4.78, 5) is 13.4. The topological polar surface area (TPSA) is 64.2 Å². The third kappa shape index (κ3) is 2.81.